The predicted octanol–water partition coefficient (Wildman–Crippen LogP) is 1.65. The van der Waals surface area contributed by atoms with Crippen molar-refractivity contribution in [2.75, 3.05) is 19.6 Å². The maximum absolute atomic E-state index is 6.07. The molecule has 1 aliphatic rings. The zero-order valence-electron chi connectivity index (χ0n) is 12.8. The fourth-order valence-corrected chi connectivity index (χ4v) is 2.70. The van der Waals surface area contributed by atoms with E-state index in [0.29, 0.717) is 36.4 Å². The molecule has 3 heterocycles. The fraction of sp³-hybridized carbons (Fsp3) is 0.533. The van der Waals surface area contributed by atoms with Gasteiger partial charge in [-0.15, -0.1) is 0 Å². The van der Waals surface area contributed by atoms with Crippen LogP contribution in [0.3, 0.4) is 0 Å². The van der Waals surface area contributed by atoms with Gasteiger partial charge in [-0.3, -0.25) is 10.1 Å². The number of hydrogen-bond donors (Lipinski definition) is 2. The smallest absolute Gasteiger partial charge is 0.216 e. The van der Waals surface area contributed by atoms with Crippen molar-refractivity contribution < 1.29 is 4.42 Å². The zero-order chi connectivity index (χ0) is 15.4. The summed E-state index contributed by atoms with van der Waals surface area (Å²) in [7, 11) is 0. The van der Waals surface area contributed by atoms with Crippen molar-refractivity contribution in [3.8, 4) is 11.6 Å². The third-order valence-electron chi connectivity index (χ3n) is 3.88. The molecular formula is C15H22N6O. The number of nitrogens with zero attached hydrogens (tertiary/aromatic N) is 4. The zero-order valence-corrected chi connectivity index (χ0v) is 12.8. The minimum absolute atomic E-state index is 0.571. The first-order valence-electron chi connectivity index (χ1n) is 7.72. The Labute approximate surface area is 129 Å². The molecule has 0 amide bonds. The van der Waals surface area contributed by atoms with Crippen LogP contribution in [0, 0.1) is 5.92 Å². The van der Waals surface area contributed by atoms with Gasteiger partial charge in [0.1, 0.15) is 5.82 Å². The Hall–Kier alpha value is -2.31. The summed E-state index contributed by atoms with van der Waals surface area (Å²) in [5.74, 6) is 3.34. The second kappa shape index (κ2) is 6.64. The Morgan fingerprint density at radius 3 is 3.27 bits per heavy atom. The summed E-state index contributed by atoms with van der Waals surface area (Å²) in [6.07, 6.45) is 4.75. The van der Waals surface area contributed by atoms with Crippen molar-refractivity contribution in [2.45, 2.75) is 26.2 Å². The highest BCUT2D eigenvalue weighted by atomic mass is 16.3. The average Bonchev–Trinajstić information content (AvgIpc) is 3.18. The van der Waals surface area contributed by atoms with E-state index in [9.17, 15) is 0 Å². The standard InChI is InChI=1S/C15H22N6O/c1-11-4-2-8-21(10-11)15(16)17-7-6-13-18-14(20-19-13)12-5-3-9-22-12/h3,5,9,11H,2,4,6-8,10H2,1H3,(H2,16,17)(H,18,19,20). The van der Waals surface area contributed by atoms with Gasteiger partial charge >= 0.3 is 0 Å². The van der Waals surface area contributed by atoms with Gasteiger partial charge in [-0.25, -0.2) is 4.98 Å². The molecule has 1 unspecified atom stereocenters. The molecule has 0 aliphatic carbocycles. The van der Waals surface area contributed by atoms with Crippen LogP contribution in [0.5, 0.6) is 0 Å². The van der Waals surface area contributed by atoms with Gasteiger partial charge in [0.25, 0.3) is 0 Å². The van der Waals surface area contributed by atoms with Gasteiger partial charge < -0.3 is 15.1 Å². The quantitative estimate of drug-likeness (QED) is 0.661. The third-order valence-corrected chi connectivity index (χ3v) is 3.88. The molecule has 2 aromatic rings. The van der Waals surface area contributed by atoms with Crippen molar-refractivity contribution in [1.82, 2.24) is 20.1 Å². The summed E-state index contributed by atoms with van der Waals surface area (Å²) < 4.78 is 5.27. The SMILES string of the molecule is CC1CCCN(C(N)=NCCc2nc(-c3ccco3)n[nH]2)C1. The molecule has 7 nitrogen and oxygen atoms in total. The summed E-state index contributed by atoms with van der Waals surface area (Å²) in [5, 5.41) is 7.05. The minimum atomic E-state index is 0.571. The number of likely N-dealkylation sites (tertiary alicyclic amines) is 1. The molecule has 0 radical (unpaired) electrons. The van der Waals surface area contributed by atoms with E-state index in [1.165, 1.54) is 12.8 Å². The summed E-state index contributed by atoms with van der Waals surface area (Å²) in [6, 6.07) is 3.65. The Morgan fingerprint density at radius 2 is 2.50 bits per heavy atom. The number of furan rings is 1. The number of hydrogen-bond acceptors (Lipinski definition) is 4. The van der Waals surface area contributed by atoms with Gasteiger partial charge in [-0.1, -0.05) is 6.92 Å². The highest BCUT2D eigenvalue weighted by molar-refractivity contribution is 5.78. The molecule has 0 spiro atoms. The van der Waals surface area contributed by atoms with Crippen LogP contribution in [-0.4, -0.2) is 45.7 Å². The lowest BCUT2D eigenvalue weighted by molar-refractivity contribution is 0.270. The Morgan fingerprint density at radius 1 is 1.59 bits per heavy atom. The lowest BCUT2D eigenvalue weighted by atomic mass is 10.0. The second-order valence-corrected chi connectivity index (χ2v) is 5.77. The van der Waals surface area contributed by atoms with Gasteiger partial charge in [0, 0.05) is 26.1 Å². The average molecular weight is 302 g/mol. The third kappa shape index (κ3) is 3.47. The number of aliphatic imine (C=N–C) groups is 1. The lowest BCUT2D eigenvalue weighted by Crippen LogP contribution is -2.43. The lowest BCUT2D eigenvalue weighted by Gasteiger charge is -2.31. The number of aromatic nitrogens is 3. The normalized spacial score (nSPS) is 19.6. The molecule has 1 saturated heterocycles. The van der Waals surface area contributed by atoms with Crippen LogP contribution in [0.2, 0.25) is 0 Å². The molecule has 1 fully saturated rings. The van der Waals surface area contributed by atoms with Crippen molar-refractivity contribution in [2.24, 2.45) is 16.6 Å². The van der Waals surface area contributed by atoms with E-state index >= 15 is 0 Å². The molecule has 1 aliphatic heterocycles. The van der Waals surface area contributed by atoms with E-state index in [-0.39, 0.29) is 0 Å². The molecule has 3 rings (SSSR count). The number of aromatic amines is 1. The highest BCUT2D eigenvalue weighted by Gasteiger charge is 2.17. The summed E-state index contributed by atoms with van der Waals surface area (Å²) in [5.41, 5.74) is 6.07. The molecule has 7 heteroatoms. The second-order valence-electron chi connectivity index (χ2n) is 5.77. The van der Waals surface area contributed by atoms with E-state index in [1.54, 1.807) is 6.26 Å². The van der Waals surface area contributed by atoms with E-state index in [1.807, 2.05) is 12.1 Å². The number of guanidine groups is 1. The number of piperidine rings is 1. The Kier molecular flexibility index (Phi) is 4.41. The first-order valence-corrected chi connectivity index (χ1v) is 7.72. The molecule has 2 aromatic heterocycles. The van der Waals surface area contributed by atoms with E-state index in [2.05, 4.69) is 32.0 Å². The Bertz CT molecular complexity index is 618. The van der Waals surface area contributed by atoms with Gasteiger partial charge in [0.05, 0.1) is 6.26 Å². The van der Waals surface area contributed by atoms with Crippen molar-refractivity contribution in [1.29, 1.82) is 0 Å². The topological polar surface area (TPSA) is 96.3 Å². The number of nitrogens with one attached hydrogen (secondary N) is 1. The van der Waals surface area contributed by atoms with Crippen LogP contribution in [0.4, 0.5) is 0 Å². The molecule has 1 atom stereocenters. The van der Waals surface area contributed by atoms with E-state index in [4.69, 9.17) is 10.2 Å². The molecule has 22 heavy (non-hydrogen) atoms. The maximum Gasteiger partial charge on any atom is 0.216 e. The van der Waals surface area contributed by atoms with Crippen LogP contribution in [-0.2, 0) is 6.42 Å². The number of nitrogens with two attached hydrogens (primary N) is 1. The van der Waals surface area contributed by atoms with Crippen LogP contribution < -0.4 is 5.73 Å². The van der Waals surface area contributed by atoms with Crippen molar-refractivity contribution in [3.05, 3.63) is 24.2 Å². The van der Waals surface area contributed by atoms with Gasteiger partial charge in [-0.05, 0) is 30.9 Å². The fourth-order valence-electron chi connectivity index (χ4n) is 2.70. The van der Waals surface area contributed by atoms with Crippen LogP contribution in [0.25, 0.3) is 11.6 Å². The Balaban J connectivity index is 1.53. The summed E-state index contributed by atoms with van der Waals surface area (Å²) in [4.78, 5) is 11.0. The largest absolute Gasteiger partial charge is 0.461 e. The first-order chi connectivity index (χ1) is 10.7. The minimum Gasteiger partial charge on any atom is -0.461 e. The summed E-state index contributed by atoms with van der Waals surface area (Å²) in [6.45, 7) is 4.86. The molecule has 0 saturated carbocycles. The molecule has 3 N–H and O–H groups in total. The van der Waals surface area contributed by atoms with Gasteiger partial charge in [0.15, 0.2) is 11.7 Å². The monoisotopic (exact) mass is 302 g/mol. The van der Waals surface area contributed by atoms with Crippen molar-refractivity contribution >= 4 is 5.96 Å². The molecule has 0 aromatic carbocycles. The van der Waals surface area contributed by atoms with Crippen LogP contribution >= 0.6 is 0 Å². The van der Waals surface area contributed by atoms with Gasteiger partial charge in [0.2, 0.25) is 5.82 Å². The first kappa shape index (κ1) is 14.6. The summed E-state index contributed by atoms with van der Waals surface area (Å²) >= 11 is 0. The molecule has 0 bridgehead atoms. The molecular weight excluding hydrogens is 280 g/mol. The number of rotatable bonds is 4. The number of H-pyrrole nitrogens is 1. The highest BCUT2D eigenvalue weighted by Crippen LogP contribution is 2.15. The van der Waals surface area contributed by atoms with Crippen molar-refractivity contribution in [3.63, 3.8) is 0 Å². The van der Waals surface area contributed by atoms with Gasteiger partial charge in [-0.2, -0.15) is 5.10 Å². The molecule has 118 valence electrons. The van der Waals surface area contributed by atoms with Crippen LogP contribution in [0.15, 0.2) is 27.8 Å². The predicted molar refractivity (Wildman–Crippen MR) is 84.2 cm³/mol. The maximum atomic E-state index is 6.07. The van der Waals surface area contributed by atoms with E-state index in [0.717, 1.165) is 18.9 Å². The van der Waals surface area contributed by atoms with E-state index < -0.39 is 0 Å². The van der Waals surface area contributed by atoms with Crippen LogP contribution in [0.1, 0.15) is 25.6 Å².